The summed E-state index contributed by atoms with van der Waals surface area (Å²) in [4.78, 5) is 24.9. The van der Waals surface area contributed by atoms with Crippen molar-refractivity contribution in [1.82, 2.24) is 4.90 Å². The third-order valence-electron chi connectivity index (χ3n) is 4.89. The Hall–Kier alpha value is -1.06. The van der Waals surface area contributed by atoms with E-state index in [9.17, 15) is 9.59 Å². The van der Waals surface area contributed by atoms with E-state index < -0.39 is 5.97 Å². The number of carboxylic acid groups (broad SMARTS) is 1. The molecule has 0 aromatic rings. The van der Waals surface area contributed by atoms with Gasteiger partial charge in [-0.3, -0.25) is 9.59 Å². The number of rotatable bonds is 2. The first kappa shape index (κ1) is 11.1. The molecular formula is C13H19NO3. The highest BCUT2D eigenvalue weighted by Gasteiger charge is 2.45. The molecule has 1 aliphatic heterocycles. The summed E-state index contributed by atoms with van der Waals surface area (Å²) in [6, 6.07) is 0.350. The van der Waals surface area contributed by atoms with Gasteiger partial charge in [-0.25, -0.2) is 0 Å². The molecule has 2 saturated carbocycles. The van der Waals surface area contributed by atoms with Crippen LogP contribution >= 0.6 is 0 Å². The summed E-state index contributed by atoms with van der Waals surface area (Å²) in [7, 11) is 0. The molecule has 1 N–H and O–H groups in total. The van der Waals surface area contributed by atoms with E-state index in [0.29, 0.717) is 31.3 Å². The highest BCUT2D eigenvalue weighted by molar-refractivity contribution is 5.80. The lowest BCUT2D eigenvalue weighted by Gasteiger charge is -2.39. The van der Waals surface area contributed by atoms with Gasteiger partial charge in [0, 0.05) is 19.0 Å². The zero-order valence-electron chi connectivity index (χ0n) is 9.97. The Labute approximate surface area is 101 Å². The fourth-order valence-electron chi connectivity index (χ4n) is 3.99. The molecule has 4 heteroatoms. The molecule has 4 unspecified atom stereocenters. The number of likely N-dealkylation sites (tertiary alicyclic amines) is 1. The SMILES string of the molecule is O=C(O)C1CCC(=O)N(C2CC3CCC2C3)C1. The van der Waals surface area contributed by atoms with Crippen LogP contribution in [0.5, 0.6) is 0 Å². The number of carbonyl (C=O) groups excluding carboxylic acids is 1. The Morgan fingerprint density at radius 1 is 1.24 bits per heavy atom. The van der Waals surface area contributed by atoms with Crippen molar-refractivity contribution in [2.24, 2.45) is 17.8 Å². The molecule has 3 rings (SSSR count). The number of nitrogens with zero attached hydrogens (tertiary/aromatic N) is 1. The van der Waals surface area contributed by atoms with Crippen LogP contribution in [0.15, 0.2) is 0 Å². The average Bonchev–Trinajstić information content (AvgIpc) is 2.91. The van der Waals surface area contributed by atoms with E-state index >= 15 is 0 Å². The topological polar surface area (TPSA) is 57.6 Å². The van der Waals surface area contributed by atoms with Gasteiger partial charge in [-0.1, -0.05) is 6.42 Å². The molecule has 0 spiro atoms. The molecule has 1 amide bonds. The molecule has 1 heterocycles. The van der Waals surface area contributed by atoms with Gasteiger partial charge in [0.15, 0.2) is 0 Å². The van der Waals surface area contributed by atoms with Gasteiger partial charge in [0.1, 0.15) is 0 Å². The first-order valence-electron chi connectivity index (χ1n) is 6.67. The Bertz CT molecular complexity index is 355. The normalized spacial score (nSPS) is 40.9. The van der Waals surface area contributed by atoms with Crippen LogP contribution in [0.4, 0.5) is 0 Å². The fourth-order valence-corrected chi connectivity index (χ4v) is 3.99. The van der Waals surface area contributed by atoms with E-state index in [4.69, 9.17) is 5.11 Å². The Morgan fingerprint density at radius 3 is 2.65 bits per heavy atom. The molecular weight excluding hydrogens is 218 g/mol. The second-order valence-corrected chi connectivity index (χ2v) is 5.86. The first-order valence-corrected chi connectivity index (χ1v) is 6.67. The Balaban J connectivity index is 1.72. The quantitative estimate of drug-likeness (QED) is 0.791. The number of piperidine rings is 1. The Kier molecular flexibility index (Phi) is 2.60. The second kappa shape index (κ2) is 4.00. The van der Waals surface area contributed by atoms with Crippen LogP contribution < -0.4 is 0 Å². The molecule has 2 aliphatic carbocycles. The van der Waals surface area contributed by atoms with Crippen LogP contribution in [-0.2, 0) is 9.59 Å². The van der Waals surface area contributed by atoms with E-state index in [1.807, 2.05) is 4.90 Å². The summed E-state index contributed by atoms with van der Waals surface area (Å²) in [5.74, 6) is 0.539. The molecule has 0 aromatic heterocycles. The summed E-state index contributed by atoms with van der Waals surface area (Å²) >= 11 is 0. The second-order valence-electron chi connectivity index (χ2n) is 5.86. The number of amides is 1. The smallest absolute Gasteiger partial charge is 0.308 e. The Morgan fingerprint density at radius 2 is 2.06 bits per heavy atom. The molecule has 4 nitrogen and oxygen atoms in total. The van der Waals surface area contributed by atoms with Gasteiger partial charge in [-0.05, 0) is 37.5 Å². The van der Waals surface area contributed by atoms with Crippen LogP contribution in [0.1, 0.15) is 38.5 Å². The van der Waals surface area contributed by atoms with Crippen molar-refractivity contribution < 1.29 is 14.7 Å². The number of carbonyl (C=O) groups is 2. The summed E-state index contributed by atoms with van der Waals surface area (Å²) in [6.45, 7) is 0.446. The summed E-state index contributed by atoms with van der Waals surface area (Å²) in [5.41, 5.74) is 0. The highest BCUT2D eigenvalue weighted by atomic mass is 16.4. The van der Waals surface area contributed by atoms with Crippen molar-refractivity contribution in [3.8, 4) is 0 Å². The minimum absolute atomic E-state index is 0.181. The van der Waals surface area contributed by atoms with Crippen LogP contribution in [0.25, 0.3) is 0 Å². The first-order chi connectivity index (χ1) is 8.15. The van der Waals surface area contributed by atoms with Crippen LogP contribution in [-0.4, -0.2) is 34.5 Å². The van der Waals surface area contributed by atoms with Gasteiger partial charge in [0.25, 0.3) is 0 Å². The molecule has 0 radical (unpaired) electrons. The molecule has 17 heavy (non-hydrogen) atoms. The molecule has 3 fully saturated rings. The molecule has 2 bridgehead atoms. The van der Waals surface area contributed by atoms with Crippen LogP contribution in [0.2, 0.25) is 0 Å². The summed E-state index contributed by atoms with van der Waals surface area (Å²) in [6.07, 6.45) is 5.85. The standard InChI is InChI=1S/C13H19NO3/c15-12-4-3-10(13(16)17)7-14(12)11-6-8-1-2-9(11)5-8/h8-11H,1-7H2,(H,16,17). The molecule has 3 aliphatic rings. The average molecular weight is 237 g/mol. The maximum absolute atomic E-state index is 12.0. The number of hydrogen-bond donors (Lipinski definition) is 1. The van der Waals surface area contributed by atoms with Gasteiger partial charge in [0.05, 0.1) is 5.92 Å². The van der Waals surface area contributed by atoms with E-state index in [1.54, 1.807) is 0 Å². The van der Waals surface area contributed by atoms with Gasteiger partial charge >= 0.3 is 5.97 Å². The maximum atomic E-state index is 12.0. The lowest BCUT2D eigenvalue weighted by atomic mass is 9.89. The number of fused-ring (bicyclic) bond motifs is 2. The number of aliphatic carboxylic acids is 1. The minimum Gasteiger partial charge on any atom is -0.481 e. The van der Waals surface area contributed by atoms with E-state index in [0.717, 1.165) is 12.3 Å². The predicted octanol–water partition coefficient (Wildman–Crippen LogP) is 1.50. The summed E-state index contributed by atoms with van der Waals surface area (Å²) in [5, 5.41) is 9.08. The van der Waals surface area contributed by atoms with Crippen LogP contribution in [0.3, 0.4) is 0 Å². The van der Waals surface area contributed by atoms with E-state index in [2.05, 4.69) is 0 Å². The van der Waals surface area contributed by atoms with Gasteiger partial charge in [-0.15, -0.1) is 0 Å². The lowest BCUT2D eigenvalue weighted by molar-refractivity contribution is -0.149. The molecule has 0 aromatic carbocycles. The van der Waals surface area contributed by atoms with Gasteiger partial charge in [0.2, 0.25) is 5.91 Å². The number of carboxylic acids is 1. The third kappa shape index (κ3) is 1.83. The minimum atomic E-state index is -0.745. The van der Waals surface area contributed by atoms with Crippen molar-refractivity contribution >= 4 is 11.9 Å². The molecule has 1 saturated heterocycles. The lowest BCUT2D eigenvalue weighted by Crippen LogP contribution is -2.49. The largest absolute Gasteiger partial charge is 0.481 e. The monoisotopic (exact) mass is 237 g/mol. The van der Waals surface area contributed by atoms with E-state index in [-0.39, 0.29) is 11.8 Å². The van der Waals surface area contributed by atoms with E-state index in [1.165, 1.54) is 19.3 Å². The molecule has 94 valence electrons. The van der Waals surface area contributed by atoms with Gasteiger partial charge in [-0.2, -0.15) is 0 Å². The zero-order chi connectivity index (χ0) is 12.0. The third-order valence-corrected chi connectivity index (χ3v) is 4.89. The zero-order valence-corrected chi connectivity index (χ0v) is 9.97. The van der Waals surface area contributed by atoms with Crippen molar-refractivity contribution in [1.29, 1.82) is 0 Å². The van der Waals surface area contributed by atoms with Gasteiger partial charge < -0.3 is 10.0 Å². The maximum Gasteiger partial charge on any atom is 0.308 e. The fraction of sp³-hybridized carbons (Fsp3) is 0.846. The van der Waals surface area contributed by atoms with Crippen molar-refractivity contribution in [3.63, 3.8) is 0 Å². The highest BCUT2D eigenvalue weighted by Crippen LogP contribution is 2.47. The van der Waals surface area contributed by atoms with Crippen LogP contribution in [0, 0.1) is 17.8 Å². The van der Waals surface area contributed by atoms with Crippen molar-refractivity contribution in [2.75, 3.05) is 6.54 Å². The number of hydrogen-bond acceptors (Lipinski definition) is 2. The van der Waals surface area contributed by atoms with Crippen molar-refractivity contribution in [3.05, 3.63) is 0 Å². The summed E-state index contributed by atoms with van der Waals surface area (Å²) < 4.78 is 0. The predicted molar refractivity (Wildman–Crippen MR) is 61.3 cm³/mol. The van der Waals surface area contributed by atoms with Crippen molar-refractivity contribution in [2.45, 2.75) is 44.6 Å². The molecule has 4 atom stereocenters.